The summed E-state index contributed by atoms with van der Waals surface area (Å²) in [7, 11) is -4.02. The van der Waals surface area contributed by atoms with Crippen molar-refractivity contribution < 1.29 is 17.7 Å². The number of ether oxygens (including phenoxy) is 1. The second kappa shape index (κ2) is 9.74. The van der Waals surface area contributed by atoms with Gasteiger partial charge in [-0.3, -0.25) is 9.45 Å². The number of hydrogen-bond acceptors (Lipinski definition) is 4. The Bertz CT molecular complexity index is 459. The van der Waals surface area contributed by atoms with E-state index in [1.54, 1.807) is 0 Å². The van der Waals surface area contributed by atoms with Crippen molar-refractivity contribution in [1.82, 2.24) is 9.21 Å². The fourth-order valence-electron chi connectivity index (χ4n) is 3.16. The lowest BCUT2D eigenvalue weighted by atomic mass is 10.1. The molecule has 0 radical (unpaired) electrons. The maximum atomic E-state index is 11.0. The molecule has 0 amide bonds. The van der Waals surface area contributed by atoms with E-state index in [1.807, 2.05) is 0 Å². The molecule has 0 atom stereocenters. The number of nitrogens with zero attached hydrogens (tertiary/aromatic N) is 2. The van der Waals surface area contributed by atoms with E-state index in [0.717, 1.165) is 23.9 Å². The fraction of sp³-hybridized carbons (Fsp3) is 0.875. The smallest absolute Gasteiger partial charge is 0.335 e. The maximum Gasteiger partial charge on any atom is 0.335 e. The largest absolute Gasteiger partial charge is 0.378 e. The third-order valence-electron chi connectivity index (χ3n) is 4.59. The van der Waals surface area contributed by atoms with Crippen molar-refractivity contribution in [2.75, 3.05) is 39.3 Å². The van der Waals surface area contributed by atoms with Crippen LogP contribution in [0.4, 0.5) is 0 Å². The van der Waals surface area contributed by atoms with E-state index < -0.39 is 10.3 Å². The molecule has 134 valence electrons. The van der Waals surface area contributed by atoms with Gasteiger partial charge in [0.25, 0.3) is 0 Å². The fourth-order valence-corrected chi connectivity index (χ4v) is 3.84. The number of rotatable bonds is 9. The monoisotopic (exact) mass is 346 g/mol. The predicted octanol–water partition coefficient (Wildman–Crippen LogP) is 2.09. The summed E-state index contributed by atoms with van der Waals surface area (Å²) in [4.78, 5) is 2.50. The minimum Gasteiger partial charge on any atom is -0.378 e. The quantitative estimate of drug-likeness (QED) is 0.393. The first kappa shape index (κ1) is 18.9. The van der Waals surface area contributed by atoms with Gasteiger partial charge in [0.05, 0.1) is 6.10 Å². The highest BCUT2D eigenvalue weighted by atomic mass is 32.2. The average molecular weight is 346 g/mol. The van der Waals surface area contributed by atoms with Gasteiger partial charge in [0, 0.05) is 32.8 Å². The van der Waals surface area contributed by atoms with E-state index >= 15 is 0 Å². The standard InChI is InChI=1S/C16H30N2O4S/c19-23(20,21)18-13-8-16(9-14-18)22-15-7-2-1-4-10-17-11-5-3-6-12-17/h3,5,16H,1-2,4,6-15H2,(H,19,20,21). The number of hydrogen-bond donors (Lipinski definition) is 1. The first-order chi connectivity index (χ1) is 11.1. The van der Waals surface area contributed by atoms with Gasteiger partial charge in [-0.1, -0.05) is 25.0 Å². The molecule has 0 aromatic rings. The van der Waals surface area contributed by atoms with E-state index in [9.17, 15) is 8.42 Å². The minimum atomic E-state index is -4.02. The SMILES string of the molecule is O=S(=O)(O)N1CCC(OCCCCCCN2CC=CCC2)CC1. The Labute approximate surface area is 140 Å². The van der Waals surface area contributed by atoms with Gasteiger partial charge in [-0.05, 0) is 38.6 Å². The van der Waals surface area contributed by atoms with Crippen LogP contribution >= 0.6 is 0 Å². The van der Waals surface area contributed by atoms with Crippen LogP contribution in [0.15, 0.2) is 12.2 Å². The van der Waals surface area contributed by atoms with E-state index in [4.69, 9.17) is 9.29 Å². The van der Waals surface area contributed by atoms with Gasteiger partial charge in [0.15, 0.2) is 0 Å². The van der Waals surface area contributed by atoms with Crippen molar-refractivity contribution in [3.05, 3.63) is 12.2 Å². The molecule has 2 aliphatic rings. The summed E-state index contributed by atoms with van der Waals surface area (Å²) < 4.78 is 37.9. The summed E-state index contributed by atoms with van der Waals surface area (Å²) in [6.45, 7) is 4.96. The summed E-state index contributed by atoms with van der Waals surface area (Å²) in [5.41, 5.74) is 0. The molecule has 6 nitrogen and oxygen atoms in total. The van der Waals surface area contributed by atoms with Gasteiger partial charge >= 0.3 is 10.3 Å². The Morgan fingerprint density at radius 2 is 1.78 bits per heavy atom. The molecule has 1 fully saturated rings. The van der Waals surface area contributed by atoms with Crippen LogP contribution in [-0.2, 0) is 15.0 Å². The molecule has 1 saturated heterocycles. The summed E-state index contributed by atoms with van der Waals surface area (Å²) >= 11 is 0. The van der Waals surface area contributed by atoms with Crippen LogP contribution in [0.5, 0.6) is 0 Å². The number of piperidine rings is 1. The maximum absolute atomic E-state index is 11.0. The molecule has 0 bridgehead atoms. The highest BCUT2D eigenvalue weighted by Gasteiger charge is 2.26. The highest BCUT2D eigenvalue weighted by Crippen LogP contribution is 2.16. The van der Waals surface area contributed by atoms with Crippen molar-refractivity contribution in [3.63, 3.8) is 0 Å². The Kier molecular flexibility index (Phi) is 7.98. The molecule has 0 saturated carbocycles. The van der Waals surface area contributed by atoms with Crippen molar-refractivity contribution >= 4 is 10.3 Å². The normalized spacial score (nSPS) is 21.8. The molecular weight excluding hydrogens is 316 g/mol. The first-order valence-corrected chi connectivity index (χ1v) is 10.2. The van der Waals surface area contributed by atoms with Gasteiger partial charge in [-0.15, -0.1) is 0 Å². The molecular formula is C16H30N2O4S. The van der Waals surface area contributed by atoms with Crippen LogP contribution in [0.1, 0.15) is 44.9 Å². The second-order valence-corrected chi connectivity index (χ2v) is 7.83. The lowest BCUT2D eigenvalue weighted by molar-refractivity contribution is 0.0181. The minimum absolute atomic E-state index is 0.133. The van der Waals surface area contributed by atoms with Crippen LogP contribution in [0.2, 0.25) is 0 Å². The molecule has 2 aliphatic heterocycles. The van der Waals surface area contributed by atoms with Gasteiger partial charge < -0.3 is 4.74 Å². The van der Waals surface area contributed by atoms with Gasteiger partial charge in [-0.25, -0.2) is 0 Å². The van der Waals surface area contributed by atoms with Gasteiger partial charge in [-0.2, -0.15) is 12.7 Å². The molecule has 2 rings (SSSR count). The van der Waals surface area contributed by atoms with E-state index in [-0.39, 0.29) is 6.10 Å². The second-order valence-electron chi connectivity index (χ2n) is 6.42. The highest BCUT2D eigenvalue weighted by molar-refractivity contribution is 7.83. The van der Waals surface area contributed by atoms with E-state index in [1.165, 1.54) is 38.8 Å². The molecule has 0 unspecified atom stereocenters. The third-order valence-corrected chi connectivity index (χ3v) is 5.61. The van der Waals surface area contributed by atoms with Crippen LogP contribution in [0, 0.1) is 0 Å². The lowest BCUT2D eigenvalue weighted by Gasteiger charge is -2.29. The van der Waals surface area contributed by atoms with Gasteiger partial charge in [0.2, 0.25) is 0 Å². The Balaban J connectivity index is 1.43. The zero-order chi connectivity index (χ0) is 16.5. The Hall–Kier alpha value is -0.470. The Morgan fingerprint density at radius 1 is 1.04 bits per heavy atom. The topological polar surface area (TPSA) is 70.1 Å². The summed E-state index contributed by atoms with van der Waals surface area (Å²) in [6.07, 6.45) is 11.9. The van der Waals surface area contributed by atoms with Crippen molar-refractivity contribution in [3.8, 4) is 0 Å². The van der Waals surface area contributed by atoms with Crippen LogP contribution in [0.3, 0.4) is 0 Å². The molecule has 7 heteroatoms. The van der Waals surface area contributed by atoms with Crippen molar-refractivity contribution in [1.29, 1.82) is 0 Å². The average Bonchev–Trinajstić information content (AvgIpc) is 2.54. The number of unbranched alkanes of at least 4 members (excludes halogenated alkanes) is 3. The van der Waals surface area contributed by atoms with E-state index in [0.29, 0.717) is 25.9 Å². The van der Waals surface area contributed by atoms with Crippen molar-refractivity contribution in [2.45, 2.75) is 51.0 Å². The first-order valence-electron chi connectivity index (χ1n) is 8.77. The molecule has 23 heavy (non-hydrogen) atoms. The lowest BCUT2D eigenvalue weighted by Crippen LogP contribution is -2.40. The van der Waals surface area contributed by atoms with Crippen LogP contribution in [0.25, 0.3) is 0 Å². The molecule has 0 spiro atoms. The van der Waals surface area contributed by atoms with E-state index in [2.05, 4.69) is 17.1 Å². The predicted molar refractivity (Wildman–Crippen MR) is 90.8 cm³/mol. The summed E-state index contributed by atoms with van der Waals surface area (Å²) in [5, 5.41) is 0. The summed E-state index contributed by atoms with van der Waals surface area (Å²) in [5.74, 6) is 0. The third kappa shape index (κ3) is 7.30. The zero-order valence-electron chi connectivity index (χ0n) is 13.9. The molecule has 0 aromatic carbocycles. The zero-order valence-corrected chi connectivity index (χ0v) is 14.7. The molecule has 0 aliphatic carbocycles. The molecule has 1 N–H and O–H groups in total. The Morgan fingerprint density at radius 3 is 2.43 bits per heavy atom. The van der Waals surface area contributed by atoms with Crippen LogP contribution in [-0.4, -0.2) is 67.6 Å². The summed E-state index contributed by atoms with van der Waals surface area (Å²) in [6, 6.07) is 0. The molecule has 2 heterocycles. The van der Waals surface area contributed by atoms with Crippen LogP contribution < -0.4 is 0 Å². The van der Waals surface area contributed by atoms with Crippen molar-refractivity contribution in [2.24, 2.45) is 0 Å². The van der Waals surface area contributed by atoms with Gasteiger partial charge in [0.1, 0.15) is 0 Å². The molecule has 0 aromatic heterocycles.